The molecule has 3 nitrogen and oxygen atoms in total. The molecule has 19 heavy (non-hydrogen) atoms. The van der Waals surface area contributed by atoms with Crippen LogP contribution in [0.2, 0.25) is 0 Å². The monoisotopic (exact) mass is 327 g/mol. The van der Waals surface area contributed by atoms with Crippen LogP contribution in [0.5, 0.6) is 0 Å². The molecule has 0 spiro atoms. The number of piperidine rings is 1. The topological polar surface area (TPSA) is 43.7 Å². The normalized spacial score (nSPS) is 21.5. The van der Waals surface area contributed by atoms with Crippen molar-refractivity contribution in [2.75, 3.05) is 24.6 Å². The molecule has 0 amide bonds. The van der Waals surface area contributed by atoms with Gasteiger partial charge in [-0.2, -0.15) is 0 Å². The van der Waals surface area contributed by atoms with Crippen LogP contribution in [0.3, 0.4) is 0 Å². The Kier molecular flexibility index (Phi) is 5.25. The molecule has 0 saturated carbocycles. The summed E-state index contributed by atoms with van der Waals surface area (Å²) in [6.07, 6.45) is 2.84. The molecule has 1 aromatic carbocycles. The average molecular weight is 328 g/mol. The molecule has 0 aliphatic carbocycles. The molecule has 2 N–H and O–H groups in total. The van der Waals surface area contributed by atoms with E-state index in [9.17, 15) is 5.11 Å². The molecule has 106 valence electrons. The van der Waals surface area contributed by atoms with Crippen molar-refractivity contribution in [2.45, 2.75) is 32.3 Å². The zero-order valence-electron chi connectivity index (χ0n) is 11.3. The van der Waals surface area contributed by atoms with Crippen LogP contribution in [0.1, 0.15) is 37.9 Å². The number of hydrogen-bond acceptors (Lipinski definition) is 3. The summed E-state index contributed by atoms with van der Waals surface area (Å²) in [6.45, 7) is 4.13. The smallest absolute Gasteiger partial charge is 0.0762 e. The van der Waals surface area contributed by atoms with E-state index in [1.807, 2.05) is 12.1 Å². The van der Waals surface area contributed by atoms with Gasteiger partial charge in [-0.1, -0.05) is 6.07 Å². The third-order valence-electron chi connectivity index (χ3n) is 3.85. The molecule has 1 aliphatic rings. The first-order valence-corrected chi connectivity index (χ1v) is 7.74. The minimum atomic E-state index is -0.436. The number of nitrogens with zero attached hydrogens (tertiary/aromatic N) is 1. The molecule has 1 saturated heterocycles. The number of hydrogen-bond donors (Lipinski definition) is 2. The molecule has 1 aromatic rings. The first kappa shape index (κ1) is 14.8. The molecular weight excluding hydrogens is 306 g/mol. The van der Waals surface area contributed by atoms with Gasteiger partial charge in [-0.05, 0) is 65.7 Å². The van der Waals surface area contributed by atoms with Crippen molar-refractivity contribution in [3.05, 3.63) is 28.2 Å². The lowest BCUT2D eigenvalue weighted by Crippen LogP contribution is -2.36. The predicted octanol–water partition coefficient (Wildman–Crippen LogP) is 3.10. The number of aliphatic hydroxyl groups is 2. The summed E-state index contributed by atoms with van der Waals surface area (Å²) in [5.41, 5.74) is 2.12. The van der Waals surface area contributed by atoms with Gasteiger partial charge in [0.25, 0.3) is 0 Å². The Bertz CT molecular complexity index is 421. The lowest BCUT2D eigenvalue weighted by atomic mass is 9.94. The number of benzene rings is 1. The lowest BCUT2D eigenvalue weighted by Gasteiger charge is -2.35. The van der Waals surface area contributed by atoms with E-state index in [1.54, 1.807) is 6.92 Å². The van der Waals surface area contributed by atoms with Crippen molar-refractivity contribution >= 4 is 21.6 Å². The number of aliphatic hydroxyl groups excluding tert-OH is 2. The van der Waals surface area contributed by atoms with E-state index in [0.717, 1.165) is 29.5 Å². The molecule has 0 aromatic heterocycles. The van der Waals surface area contributed by atoms with E-state index in [2.05, 4.69) is 26.9 Å². The predicted molar refractivity (Wildman–Crippen MR) is 81.4 cm³/mol. The summed E-state index contributed by atoms with van der Waals surface area (Å²) in [6, 6.07) is 6.06. The van der Waals surface area contributed by atoms with Gasteiger partial charge in [-0.15, -0.1) is 0 Å². The Morgan fingerprint density at radius 2 is 2.26 bits per heavy atom. The van der Waals surface area contributed by atoms with E-state index < -0.39 is 6.10 Å². The summed E-state index contributed by atoms with van der Waals surface area (Å²) in [5, 5.41) is 18.7. The van der Waals surface area contributed by atoms with Gasteiger partial charge >= 0.3 is 0 Å². The maximum Gasteiger partial charge on any atom is 0.0762 e. The summed E-state index contributed by atoms with van der Waals surface area (Å²) in [5.74, 6) is 0.585. The molecule has 2 unspecified atom stereocenters. The molecular formula is C15H22BrNO2. The fraction of sp³-hybridized carbons (Fsp3) is 0.600. The molecule has 1 aliphatic heterocycles. The standard InChI is InChI=1S/C15H22BrNO2/c1-11(19)13-4-5-15(14(16)9-13)17-7-2-3-12(10-17)6-8-18/h4-5,9,11-12,18-19H,2-3,6-8,10H2,1H3. The summed E-state index contributed by atoms with van der Waals surface area (Å²) >= 11 is 3.61. The van der Waals surface area contributed by atoms with E-state index in [0.29, 0.717) is 5.92 Å². The van der Waals surface area contributed by atoms with Crippen molar-refractivity contribution in [3.8, 4) is 0 Å². The van der Waals surface area contributed by atoms with E-state index in [-0.39, 0.29) is 6.61 Å². The van der Waals surface area contributed by atoms with Crippen LogP contribution >= 0.6 is 15.9 Å². The van der Waals surface area contributed by atoms with Gasteiger partial charge in [0.15, 0.2) is 0 Å². The average Bonchev–Trinajstić information content (AvgIpc) is 2.39. The highest BCUT2D eigenvalue weighted by atomic mass is 79.9. The summed E-state index contributed by atoms with van der Waals surface area (Å²) < 4.78 is 1.04. The Morgan fingerprint density at radius 3 is 2.89 bits per heavy atom. The quantitative estimate of drug-likeness (QED) is 0.893. The Morgan fingerprint density at radius 1 is 1.47 bits per heavy atom. The minimum Gasteiger partial charge on any atom is -0.396 e. The van der Waals surface area contributed by atoms with Crippen LogP contribution in [0, 0.1) is 5.92 Å². The number of anilines is 1. The van der Waals surface area contributed by atoms with Crippen molar-refractivity contribution in [3.63, 3.8) is 0 Å². The molecule has 4 heteroatoms. The zero-order valence-corrected chi connectivity index (χ0v) is 12.9. The fourth-order valence-corrected chi connectivity index (χ4v) is 3.39. The van der Waals surface area contributed by atoms with E-state index in [4.69, 9.17) is 5.11 Å². The molecule has 2 rings (SSSR count). The highest BCUT2D eigenvalue weighted by Crippen LogP contribution is 2.32. The van der Waals surface area contributed by atoms with Gasteiger partial charge in [0, 0.05) is 24.2 Å². The van der Waals surface area contributed by atoms with Crippen molar-refractivity contribution in [1.82, 2.24) is 0 Å². The molecule has 0 radical (unpaired) electrons. The highest BCUT2D eigenvalue weighted by molar-refractivity contribution is 9.10. The summed E-state index contributed by atoms with van der Waals surface area (Å²) in [4.78, 5) is 2.37. The van der Waals surface area contributed by atoms with Gasteiger partial charge in [0.2, 0.25) is 0 Å². The molecule has 1 heterocycles. The number of rotatable bonds is 4. The van der Waals surface area contributed by atoms with Gasteiger partial charge in [0.1, 0.15) is 0 Å². The van der Waals surface area contributed by atoms with Gasteiger partial charge in [-0.3, -0.25) is 0 Å². The van der Waals surface area contributed by atoms with Crippen LogP contribution in [0.25, 0.3) is 0 Å². The van der Waals surface area contributed by atoms with Gasteiger partial charge < -0.3 is 15.1 Å². The lowest BCUT2D eigenvalue weighted by molar-refractivity contribution is 0.199. The largest absolute Gasteiger partial charge is 0.396 e. The second-order valence-corrected chi connectivity index (χ2v) is 6.21. The molecule has 2 atom stereocenters. The Labute approximate surface area is 123 Å². The first-order valence-electron chi connectivity index (χ1n) is 6.95. The van der Waals surface area contributed by atoms with Crippen LogP contribution in [0.15, 0.2) is 22.7 Å². The molecule has 0 bridgehead atoms. The van der Waals surface area contributed by atoms with Crippen LogP contribution in [-0.2, 0) is 0 Å². The molecule has 1 fully saturated rings. The highest BCUT2D eigenvalue weighted by Gasteiger charge is 2.21. The summed E-state index contributed by atoms with van der Waals surface area (Å²) in [7, 11) is 0. The van der Waals surface area contributed by atoms with E-state index >= 15 is 0 Å². The third kappa shape index (κ3) is 3.71. The van der Waals surface area contributed by atoms with Crippen molar-refractivity contribution in [1.29, 1.82) is 0 Å². The Balaban J connectivity index is 2.12. The first-order chi connectivity index (χ1) is 9.11. The van der Waals surface area contributed by atoms with Crippen molar-refractivity contribution < 1.29 is 10.2 Å². The van der Waals surface area contributed by atoms with Gasteiger partial charge in [-0.25, -0.2) is 0 Å². The van der Waals surface area contributed by atoms with Crippen molar-refractivity contribution in [2.24, 2.45) is 5.92 Å². The fourth-order valence-electron chi connectivity index (χ4n) is 2.74. The minimum absolute atomic E-state index is 0.278. The Hall–Kier alpha value is -0.580. The van der Waals surface area contributed by atoms with Crippen LogP contribution < -0.4 is 4.90 Å². The SMILES string of the molecule is CC(O)c1ccc(N2CCCC(CCO)C2)c(Br)c1. The third-order valence-corrected chi connectivity index (χ3v) is 4.49. The van der Waals surface area contributed by atoms with Crippen LogP contribution in [-0.4, -0.2) is 29.9 Å². The zero-order chi connectivity index (χ0) is 13.8. The maximum atomic E-state index is 9.60. The number of halogens is 1. The maximum absolute atomic E-state index is 9.60. The second-order valence-electron chi connectivity index (χ2n) is 5.35. The second kappa shape index (κ2) is 6.73. The van der Waals surface area contributed by atoms with Crippen LogP contribution in [0.4, 0.5) is 5.69 Å². The van der Waals surface area contributed by atoms with Gasteiger partial charge in [0.05, 0.1) is 11.8 Å². The van der Waals surface area contributed by atoms with E-state index in [1.165, 1.54) is 18.5 Å².